The molecule has 0 aromatic heterocycles. The Labute approximate surface area is 110 Å². The Bertz CT molecular complexity index is 397. The molecule has 98 valence electrons. The van der Waals surface area contributed by atoms with Gasteiger partial charge in [0.2, 0.25) is 0 Å². The third-order valence-corrected chi connectivity index (χ3v) is 3.50. The van der Waals surface area contributed by atoms with Crippen LogP contribution in [0, 0.1) is 5.92 Å². The Morgan fingerprint density at radius 3 is 2.56 bits per heavy atom. The molecule has 1 aromatic rings. The Morgan fingerprint density at radius 2 is 1.94 bits per heavy atom. The average Bonchev–Trinajstić information content (AvgIpc) is 2.73. The number of hydrogen-bond donors (Lipinski definition) is 1. The predicted molar refractivity (Wildman–Crippen MR) is 75.4 cm³/mol. The van der Waals surface area contributed by atoms with Gasteiger partial charge < -0.3 is 10.1 Å². The third kappa shape index (κ3) is 3.44. The summed E-state index contributed by atoms with van der Waals surface area (Å²) < 4.78 is 5.80. The van der Waals surface area contributed by atoms with E-state index in [2.05, 4.69) is 44.3 Å². The van der Waals surface area contributed by atoms with Crippen LogP contribution in [0.25, 0.3) is 0 Å². The van der Waals surface area contributed by atoms with Crippen LogP contribution in [0.15, 0.2) is 42.0 Å². The molecule has 0 amide bonds. The van der Waals surface area contributed by atoms with Gasteiger partial charge in [-0.3, -0.25) is 0 Å². The molecule has 1 aromatic carbocycles. The first-order chi connectivity index (χ1) is 8.66. The lowest BCUT2D eigenvalue weighted by molar-refractivity contribution is 0.106. The molecule has 2 rings (SSSR count). The lowest BCUT2D eigenvalue weighted by Gasteiger charge is -2.18. The zero-order valence-corrected chi connectivity index (χ0v) is 11.5. The Kier molecular flexibility index (Phi) is 4.56. The summed E-state index contributed by atoms with van der Waals surface area (Å²) in [5.74, 6) is 0.638. The van der Waals surface area contributed by atoms with Crippen molar-refractivity contribution in [1.82, 2.24) is 5.32 Å². The fraction of sp³-hybridized carbons (Fsp3) is 0.500. The average molecular weight is 245 g/mol. The van der Waals surface area contributed by atoms with Gasteiger partial charge in [-0.25, -0.2) is 0 Å². The second-order valence-corrected chi connectivity index (χ2v) is 5.40. The maximum Gasteiger partial charge on any atom is 0.0717 e. The van der Waals surface area contributed by atoms with Crippen molar-refractivity contribution >= 4 is 0 Å². The number of benzene rings is 1. The standard InChI is InChI=1S/C16H23NO/c1-12(2)15-9-13(3)16(17-15)11-18-10-14-7-5-4-6-8-14/h4-9,12,15-17H,10-11H2,1-3H3/t15-,16+/m0/s1. The van der Waals surface area contributed by atoms with Crippen molar-refractivity contribution in [3.63, 3.8) is 0 Å². The van der Waals surface area contributed by atoms with Crippen molar-refractivity contribution in [2.24, 2.45) is 5.92 Å². The lowest BCUT2D eigenvalue weighted by Crippen LogP contribution is -2.37. The third-order valence-electron chi connectivity index (χ3n) is 3.50. The van der Waals surface area contributed by atoms with E-state index in [1.807, 2.05) is 18.2 Å². The first-order valence-electron chi connectivity index (χ1n) is 6.73. The molecule has 0 saturated heterocycles. The Hall–Kier alpha value is -1.12. The second-order valence-electron chi connectivity index (χ2n) is 5.40. The van der Waals surface area contributed by atoms with E-state index in [0.29, 0.717) is 24.6 Å². The second kappa shape index (κ2) is 6.17. The highest BCUT2D eigenvalue weighted by Crippen LogP contribution is 2.18. The molecule has 2 atom stereocenters. The SMILES string of the molecule is CC1=C[C@@H](C(C)C)N[C@@H]1COCc1ccccc1. The van der Waals surface area contributed by atoms with Crippen LogP contribution in [-0.4, -0.2) is 18.7 Å². The summed E-state index contributed by atoms with van der Waals surface area (Å²) in [6, 6.07) is 11.2. The lowest BCUT2D eigenvalue weighted by atomic mass is 10.1. The van der Waals surface area contributed by atoms with E-state index < -0.39 is 0 Å². The largest absolute Gasteiger partial charge is 0.375 e. The minimum Gasteiger partial charge on any atom is -0.375 e. The van der Waals surface area contributed by atoms with Gasteiger partial charge in [-0.1, -0.05) is 55.8 Å². The molecule has 1 heterocycles. The van der Waals surface area contributed by atoms with Gasteiger partial charge in [0.05, 0.1) is 19.3 Å². The molecule has 0 radical (unpaired) electrons. The van der Waals surface area contributed by atoms with Crippen LogP contribution < -0.4 is 5.32 Å². The van der Waals surface area contributed by atoms with Gasteiger partial charge in [0, 0.05) is 6.04 Å². The summed E-state index contributed by atoms with van der Waals surface area (Å²) in [6.07, 6.45) is 2.33. The van der Waals surface area contributed by atoms with Crippen molar-refractivity contribution in [1.29, 1.82) is 0 Å². The van der Waals surface area contributed by atoms with Crippen molar-refractivity contribution in [3.8, 4) is 0 Å². The Morgan fingerprint density at radius 1 is 1.22 bits per heavy atom. The summed E-state index contributed by atoms with van der Waals surface area (Å²) in [5, 5.41) is 3.61. The van der Waals surface area contributed by atoms with Crippen LogP contribution in [0.1, 0.15) is 26.3 Å². The van der Waals surface area contributed by atoms with E-state index in [1.54, 1.807) is 0 Å². The van der Waals surface area contributed by atoms with Crippen LogP contribution >= 0.6 is 0 Å². The van der Waals surface area contributed by atoms with Gasteiger partial charge in [-0.15, -0.1) is 0 Å². The molecular formula is C16H23NO. The molecule has 0 spiro atoms. The minimum atomic E-state index is 0.376. The van der Waals surface area contributed by atoms with Gasteiger partial charge in [0.15, 0.2) is 0 Å². The molecule has 0 bridgehead atoms. The molecule has 1 aliphatic rings. The van der Waals surface area contributed by atoms with Crippen molar-refractivity contribution in [2.45, 2.75) is 39.5 Å². The fourth-order valence-corrected chi connectivity index (χ4v) is 2.24. The molecule has 1 aliphatic heterocycles. The first kappa shape index (κ1) is 13.3. The van der Waals surface area contributed by atoms with Crippen LogP contribution in [-0.2, 0) is 11.3 Å². The molecule has 0 aliphatic carbocycles. The molecule has 2 heteroatoms. The zero-order valence-electron chi connectivity index (χ0n) is 11.5. The quantitative estimate of drug-likeness (QED) is 0.805. The molecule has 1 N–H and O–H groups in total. The van der Waals surface area contributed by atoms with Crippen molar-refractivity contribution in [3.05, 3.63) is 47.5 Å². The normalized spacial score (nSPS) is 23.4. The summed E-state index contributed by atoms with van der Waals surface area (Å²) in [4.78, 5) is 0. The predicted octanol–water partition coefficient (Wildman–Crippen LogP) is 3.15. The topological polar surface area (TPSA) is 21.3 Å². The van der Waals surface area contributed by atoms with Gasteiger partial charge in [-0.05, 0) is 18.4 Å². The van der Waals surface area contributed by atoms with E-state index in [9.17, 15) is 0 Å². The molecule has 0 saturated carbocycles. The maximum absolute atomic E-state index is 5.80. The summed E-state index contributed by atoms with van der Waals surface area (Å²) >= 11 is 0. The number of ether oxygens (including phenoxy) is 1. The van der Waals surface area contributed by atoms with Gasteiger partial charge in [0.25, 0.3) is 0 Å². The monoisotopic (exact) mass is 245 g/mol. The fourth-order valence-electron chi connectivity index (χ4n) is 2.24. The molecule has 0 fully saturated rings. The van der Waals surface area contributed by atoms with E-state index in [-0.39, 0.29) is 0 Å². The van der Waals surface area contributed by atoms with E-state index >= 15 is 0 Å². The van der Waals surface area contributed by atoms with Crippen molar-refractivity contribution in [2.75, 3.05) is 6.61 Å². The number of nitrogens with one attached hydrogen (secondary N) is 1. The van der Waals surface area contributed by atoms with Crippen molar-refractivity contribution < 1.29 is 4.74 Å². The molecule has 18 heavy (non-hydrogen) atoms. The van der Waals surface area contributed by atoms with Crippen LogP contribution in [0.4, 0.5) is 0 Å². The highest BCUT2D eigenvalue weighted by Gasteiger charge is 2.24. The highest BCUT2D eigenvalue weighted by molar-refractivity contribution is 5.20. The molecular weight excluding hydrogens is 222 g/mol. The minimum absolute atomic E-state index is 0.376. The highest BCUT2D eigenvalue weighted by atomic mass is 16.5. The van der Waals surface area contributed by atoms with E-state index in [1.165, 1.54) is 11.1 Å². The summed E-state index contributed by atoms with van der Waals surface area (Å²) in [6.45, 7) is 8.12. The molecule has 0 unspecified atom stereocenters. The van der Waals surface area contributed by atoms with Crippen LogP contribution in [0.5, 0.6) is 0 Å². The first-order valence-corrected chi connectivity index (χ1v) is 6.73. The van der Waals surface area contributed by atoms with Crippen LogP contribution in [0.3, 0.4) is 0 Å². The van der Waals surface area contributed by atoms with E-state index in [4.69, 9.17) is 4.74 Å². The number of hydrogen-bond acceptors (Lipinski definition) is 2. The van der Waals surface area contributed by atoms with Gasteiger partial charge >= 0.3 is 0 Å². The van der Waals surface area contributed by atoms with Gasteiger partial charge in [-0.2, -0.15) is 0 Å². The summed E-state index contributed by atoms with van der Waals surface area (Å²) in [7, 11) is 0. The zero-order chi connectivity index (χ0) is 13.0. The maximum atomic E-state index is 5.80. The van der Waals surface area contributed by atoms with Crippen LogP contribution in [0.2, 0.25) is 0 Å². The Balaban J connectivity index is 1.77. The van der Waals surface area contributed by atoms with E-state index in [0.717, 1.165) is 6.61 Å². The summed E-state index contributed by atoms with van der Waals surface area (Å²) in [5.41, 5.74) is 2.64. The molecule has 2 nitrogen and oxygen atoms in total. The van der Waals surface area contributed by atoms with Gasteiger partial charge in [0.1, 0.15) is 0 Å². The smallest absolute Gasteiger partial charge is 0.0717 e. The number of rotatable bonds is 5.